The summed E-state index contributed by atoms with van der Waals surface area (Å²) >= 11 is 3.57. The van der Waals surface area contributed by atoms with Crippen LogP contribution in [0.3, 0.4) is 0 Å². The van der Waals surface area contributed by atoms with Crippen molar-refractivity contribution in [3.05, 3.63) is 52.8 Å². The molecule has 0 atom stereocenters. The van der Waals surface area contributed by atoms with Crippen LogP contribution in [-0.2, 0) is 0 Å². The Morgan fingerprint density at radius 3 is 2.83 bits per heavy atom. The van der Waals surface area contributed by atoms with Gasteiger partial charge < -0.3 is 10.3 Å². The third-order valence-electron chi connectivity index (χ3n) is 3.56. The highest BCUT2D eigenvalue weighted by Crippen LogP contribution is 2.21. The molecule has 0 aliphatic rings. The molecular weight excluding hydrogens is 366 g/mol. The third-order valence-corrected chi connectivity index (χ3v) is 4.23. The van der Waals surface area contributed by atoms with Crippen molar-refractivity contribution in [1.29, 1.82) is 0 Å². The van der Waals surface area contributed by atoms with Gasteiger partial charge in [0.1, 0.15) is 0 Å². The number of hydrazone groups is 1. The van der Waals surface area contributed by atoms with Gasteiger partial charge >= 0.3 is 0 Å². The zero-order valence-corrected chi connectivity index (χ0v) is 15.5. The van der Waals surface area contributed by atoms with Gasteiger partial charge in [-0.05, 0) is 46.6 Å². The fourth-order valence-electron chi connectivity index (χ4n) is 2.30. The van der Waals surface area contributed by atoms with Crippen molar-refractivity contribution in [1.82, 2.24) is 9.99 Å². The molecule has 24 heavy (non-hydrogen) atoms. The molecule has 2 rings (SSSR count). The zero-order valence-electron chi connectivity index (χ0n) is 14.0. The van der Waals surface area contributed by atoms with Crippen LogP contribution in [0.25, 0.3) is 5.69 Å². The number of nitrogens with zero attached hydrogens (tertiary/aromatic N) is 3. The second kappa shape index (κ2) is 9.93. The summed E-state index contributed by atoms with van der Waals surface area (Å²) in [5.41, 5.74) is 10.6. The highest BCUT2D eigenvalue weighted by Gasteiger charge is 2.04. The van der Waals surface area contributed by atoms with Crippen molar-refractivity contribution < 1.29 is 0 Å². The quantitative estimate of drug-likeness (QED) is 0.309. The summed E-state index contributed by atoms with van der Waals surface area (Å²) in [4.78, 5) is 4.26. The number of hydrogen-bond acceptors (Lipinski definition) is 2. The molecule has 0 spiro atoms. The molecule has 5 nitrogen and oxygen atoms in total. The molecule has 2 aromatic rings. The zero-order chi connectivity index (χ0) is 17.2. The molecule has 128 valence electrons. The third kappa shape index (κ3) is 5.53. The average molecular weight is 390 g/mol. The van der Waals surface area contributed by atoms with E-state index < -0.39 is 0 Å². The number of hydrogen-bond donors (Lipinski definition) is 2. The van der Waals surface area contributed by atoms with E-state index in [4.69, 9.17) is 5.73 Å². The molecule has 0 saturated heterocycles. The summed E-state index contributed by atoms with van der Waals surface area (Å²) in [6, 6.07) is 12.0. The Labute approximate surface area is 151 Å². The van der Waals surface area contributed by atoms with E-state index >= 15 is 0 Å². The van der Waals surface area contributed by atoms with Crippen molar-refractivity contribution >= 4 is 28.1 Å². The summed E-state index contributed by atoms with van der Waals surface area (Å²) in [7, 11) is 0. The van der Waals surface area contributed by atoms with E-state index in [2.05, 4.69) is 38.4 Å². The summed E-state index contributed by atoms with van der Waals surface area (Å²) < 4.78 is 3.07. The summed E-state index contributed by atoms with van der Waals surface area (Å²) in [6.07, 6.45) is 8.44. The first kappa shape index (κ1) is 18.3. The van der Waals surface area contributed by atoms with E-state index in [0.717, 1.165) is 28.8 Å². The maximum absolute atomic E-state index is 5.81. The van der Waals surface area contributed by atoms with Crippen LogP contribution < -0.4 is 11.2 Å². The highest BCUT2D eigenvalue weighted by molar-refractivity contribution is 9.10. The second-order valence-corrected chi connectivity index (χ2v) is 6.31. The van der Waals surface area contributed by atoms with Gasteiger partial charge in [-0.2, -0.15) is 5.10 Å². The summed E-state index contributed by atoms with van der Waals surface area (Å²) in [5.74, 6) is 0.349. The van der Waals surface area contributed by atoms with Crippen molar-refractivity contribution in [2.45, 2.75) is 32.6 Å². The Kier molecular flexibility index (Phi) is 7.55. The van der Waals surface area contributed by atoms with Crippen LogP contribution in [0, 0.1) is 0 Å². The van der Waals surface area contributed by atoms with Crippen LogP contribution in [0.2, 0.25) is 0 Å². The number of unbranched alkanes of at least 4 members (excludes halogenated alkanes) is 3. The van der Waals surface area contributed by atoms with Gasteiger partial charge in [0.15, 0.2) is 0 Å². The molecule has 0 amide bonds. The maximum atomic E-state index is 5.81. The maximum Gasteiger partial charge on any atom is 0.209 e. The monoisotopic (exact) mass is 389 g/mol. The van der Waals surface area contributed by atoms with Gasteiger partial charge in [0.25, 0.3) is 0 Å². The van der Waals surface area contributed by atoms with E-state index in [-0.39, 0.29) is 0 Å². The van der Waals surface area contributed by atoms with Crippen LogP contribution in [-0.4, -0.2) is 23.3 Å². The lowest BCUT2D eigenvalue weighted by Crippen LogP contribution is -2.27. The molecular formula is C18H24BrN5. The minimum Gasteiger partial charge on any atom is -0.369 e. The lowest BCUT2D eigenvalue weighted by Gasteiger charge is -2.08. The first-order valence-electron chi connectivity index (χ1n) is 8.23. The van der Waals surface area contributed by atoms with Gasteiger partial charge in [0, 0.05) is 17.2 Å². The molecule has 0 aliphatic carbocycles. The van der Waals surface area contributed by atoms with Crippen molar-refractivity contribution in [2.24, 2.45) is 15.8 Å². The number of benzene rings is 1. The number of nitrogens with two attached hydrogens (primary N) is 1. The lowest BCUT2D eigenvalue weighted by molar-refractivity contribution is 0.673. The first-order chi connectivity index (χ1) is 11.7. The molecule has 0 radical (unpaired) electrons. The molecule has 1 heterocycles. The molecule has 0 aliphatic heterocycles. The minimum atomic E-state index is 0.349. The molecule has 0 bridgehead atoms. The van der Waals surface area contributed by atoms with Gasteiger partial charge in [-0.15, -0.1) is 0 Å². The molecule has 6 heteroatoms. The molecule has 0 saturated carbocycles. The smallest absolute Gasteiger partial charge is 0.209 e. The summed E-state index contributed by atoms with van der Waals surface area (Å²) in [5, 5.41) is 4.18. The molecule has 1 aromatic heterocycles. The van der Waals surface area contributed by atoms with E-state index in [1.54, 1.807) is 6.21 Å². The molecule has 0 unspecified atom stereocenters. The van der Waals surface area contributed by atoms with Crippen LogP contribution >= 0.6 is 15.9 Å². The predicted molar refractivity (Wildman–Crippen MR) is 105 cm³/mol. The Morgan fingerprint density at radius 1 is 1.21 bits per heavy atom. The fourth-order valence-corrected chi connectivity index (χ4v) is 2.78. The van der Waals surface area contributed by atoms with E-state index in [9.17, 15) is 0 Å². The predicted octanol–water partition coefficient (Wildman–Crippen LogP) is 4.06. The van der Waals surface area contributed by atoms with E-state index in [1.165, 1.54) is 19.3 Å². The Balaban J connectivity index is 1.93. The minimum absolute atomic E-state index is 0.349. The number of aromatic nitrogens is 1. The fraction of sp³-hybridized carbons (Fsp3) is 0.333. The number of rotatable bonds is 8. The van der Waals surface area contributed by atoms with Crippen molar-refractivity contribution in [3.63, 3.8) is 0 Å². The van der Waals surface area contributed by atoms with Gasteiger partial charge in [-0.3, -0.25) is 4.99 Å². The topological polar surface area (TPSA) is 67.7 Å². The molecule has 3 N–H and O–H groups in total. The van der Waals surface area contributed by atoms with Gasteiger partial charge in [0.05, 0.1) is 17.6 Å². The van der Waals surface area contributed by atoms with Gasteiger partial charge in [-0.25, -0.2) is 5.43 Å². The van der Waals surface area contributed by atoms with Crippen molar-refractivity contribution in [2.75, 3.05) is 6.54 Å². The van der Waals surface area contributed by atoms with Crippen LogP contribution in [0.1, 0.15) is 38.3 Å². The Morgan fingerprint density at radius 2 is 2.04 bits per heavy atom. The molecule has 0 fully saturated rings. The Hall–Kier alpha value is -2.08. The molecule has 1 aromatic carbocycles. The van der Waals surface area contributed by atoms with Crippen LogP contribution in [0.5, 0.6) is 0 Å². The normalized spacial score (nSPS) is 12.0. The van der Waals surface area contributed by atoms with Crippen LogP contribution in [0.15, 0.2) is 57.2 Å². The SMILES string of the molecule is CCCCCCN=C(N)N/N=C/c1cccn1-c1ccccc1Br. The largest absolute Gasteiger partial charge is 0.369 e. The van der Waals surface area contributed by atoms with Crippen LogP contribution in [0.4, 0.5) is 0 Å². The standard InChI is InChI=1S/C18H24BrN5/c1-2-3-4-7-12-21-18(20)23-22-14-15-9-8-13-24(15)17-11-6-5-10-16(17)19/h5-6,8-11,13-14H,2-4,7,12H2,1H3,(H3,20,21,23)/b22-14+. The first-order valence-corrected chi connectivity index (χ1v) is 9.03. The number of halogens is 1. The Bertz CT molecular complexity index is 690. The lowest BCUT2D eigenvalue weighted by atomic mass is 10.2. The number of guanidine groups is 1. The van der Waals surface area contributed by atoms with E-state index in [1.807, 2.05) is 47.2 Å². The van der Waals surface area contributed by atoms with Crippen molar-refractivity contribution in [3.8, 4) is 5.69 Å². The van der Waals surface area contributed by atoms with Gasteiger partial charge in [-0.1, -0.05) is 38.3 Å². The second-order valence-electron chi connectivity index (χ2n) is 5.45. The highest BCUT2D eigenvalue weighted by atomic mass is 79.9. The average Bonchev–Trinajstić information content (AvgIpc) is 3.03. The number of aliphatic imine (C=N–C) groups is 1. The number of para-hydroxylation sites is 1. The van der Waals surface area contributed by atoms with E-state index in [0.29, 0.717) is 5.96 Å². The summed E-state index contributed by atoms with van der Waals surface area (Å²) in [6.45, 7) is 2.93. The number of nitrogens with one attached hydrogen (secondary N) is 1. The van der Waals surface area contributed by atoms with Gasteiger partial charge in [0.2, 0.25) is 5.96 Å².